The molecular weight excluding hydrogens is 300 g/mol. The number of rotatable bonds is 7. The zero-order valence-corrected chi connectivity index (χ0v) is 14.4. The van der Waals surface area contributed by atoms with Crippen molar-refractivity contribution in [2.24, 2.45) is 0 Å². The molecule has 0 aliphatic carbocycles. The Morgan fingerprint density at radius 2 is 1.70 bits per heavy atom. The standard InChI is InChI=1S/C16H24N2O5/c1-10(2)17(11(3)4)16(19)12(5)23-15-9-13(18(20)21)7-8-14(15)22-6/h7-12H,1-6H3/t12-/m0/s1. The van der Waals surface area contributed by atoms with E-state index in [0.717, 1.165) is 0 Å². The SMILES string of the molecule is COc1ccc([N+](=O)[O-])cc1O[C@@H](C)C(=O)N(C(C)C)C(C)C. The van der Waals surface area contributed by atoms with Crippen LogP contribution in [0.5, 0.6) is 11.5 Å². The van der Waals surface area contributed by atoms with Crippen LogP contribution in [0.15, 0.2) is 18.2 Å². The Labute approximate surface area is 136 Å². The molecule has 1 amide bonds. The fraction of sp³-hybridized carbons (Fsp3) is 0.562. The van der Waals surface area contributed by atoms with Crippen molar-refractivity contribution in [3.63, 3.8) is 0 Å². The number of hydrogen-bond donors (Lipinski definition) is 0. The van der Waals surface area contributed by atoms with E-state index >= 15 is 0 Å². The number of ether oxygens (including phenoxy) is 2. The highest BCUT2D eigenvalue weighted by Crippen LogP contribution is 2.32. The molecule has 1 atom stereocenters. The van der Waals surface area contributed by atoms with E-state index < -0.39 is 11.0 Å². The van der Waals surface area contributed by atoms with Crippen LogP contribution in [0, 0.1) is 10.1 Å². The van der Waals surface area contributed by atoms with Crippen LogP contribution in [0.1, 0.15) is 34.6 Å². The van der Waals surface area contributed by atoms with Crippen molar-refractivity contribution < 1.29 is 19.2 Å². The summed E-state index contributed by atoms with van der Waals surface area (Å²) in [6, 6.07) is 4.10. The first-order valence-corrected chi connectivity index (χ1v) is 7.50. The van der Waals surface area contributed by atoms with Crippen LogP contribution in [0.3, 0.4) is 0 Å². The van der Waals surface area contributed by atoms with Crippen LogP contribution in [0.2, 0.25) is 0 Å². The summed E-state index contributed by atoms with van der Waals surface area (Å²) in [4.78, 5) is 24.7. The predicted octanol–water partition coefficient (Wildman–Crippen LogP) is 3.02. The van der Waals surface area contributed by atoms with Crippen LogP contribution in [-0.2, 0) is 4.79 Å². The number of nitro groups is 1. The summed E-state index contributed by atoms with van der Waals surface area (Å²) in [5.74, 6) is 0.342. The molecule has 23 heavy (non-hydrogen) atoms. The van der Waals surface area contributed by atoms with E-state index in [1.807, 2.05) is 27.7 Å². The van der Waals surface area contributed by atoms with E-state index in [9.17, 15) is 14.9 Å². The summed E-state index contributed by atoms with van der Waals surface area (Å²) >= 11 is 0. The fourth-order valence-electron chi connectivity index (χ4n) is 2.43. The number of nitrogens with zero attached hydrogens (tertiary/aromatic N) is 2. The Balaban J connectivity index is 3.03. The van der Waals surface area contributed by atoms with Gasteiger partial charge in [-0.15, -0.1) is 0 Å². The molecule has 0 N–H and O–H groups in total. The number of nitro benzene ring substituents is 1. The lowest BCUT2D eigenvalue weighted by atomic mass is 10.2. The largest absolute Gasteiger partial charge is 0.493 e. The molecule has 0 radical (unpaired) electrons. The maximum absolute atomic E-state index is 12.6. The Kier molecular flexibility index (Phi) is 6.36. The van der Waals surface area contributed by atoms with Gasteiger partial charge in [0.25, 0.3) is 11.6 Å². The van der Waals surface area contributed by atoms with Gasteiger partial charge in [0.2, 0.25) is 0 Å². The minimum absolute atomic E-state index is 0.0283. The zero-order valence-electron chi connectivity index (χ0n) is 14.4. The molecule has 7 nitrogen and oxygen atoms in total. The van der Waals surface area contributed by atoms with E-state index in [4.69, 9.17) is 9.47 Å². The van der Waals surface area contributed by atoms with Crippen molar-refractivity contribution in [3.8, 4) is 11.5 Å². The van der Waals surface area contributed by atoms with Gasteiger partial charge in [-0.3, -0.25) is 14.9 Å². The Bertz CT molecular complexity index is 564. The molecule has 0 bridgehead atoms. The van der Waals surface area contributed by atoms with Crippen LogP contribution < -0.4 is 9.47 Å². The lowest BCUT2D eigenvalue weighted by Gasteiger charge is -2.33. The van der Waals surface area contributed by atoms with Gasteiger partial charge in [-0.1, -0.05) is 0 Å². The zero-order chi connectivity index (χ0) is 17.7. The molecule has 0 heterocycles. The lowest BCUT2D eigenvalue weighted by Crippen LogP contribution is -2.48. The minimum Gasteiger partial charge on any atom is -0.493 e. The first-order valence-electron chi connectivity index (χ1n) is 7.50. The quantitative estimate of drug-likeness (QED) is 0.569. The summed E-state index contributed by atoms with van der Waals surface area (Å²) < 4.78 is 10.8. The van der Waals surface area contributed by atoms with E-state index in [1.165, 1.54) is 25.3 Å². The minimum atomic E-state index is -0.782. The summed E-state index contributed by atoms with van der Waals surface area (Å²) in [5, 5.41) is 10.9. The molecule has 0 unspecified atom stereocenters. The van der Waals surface area contributed by atoms with Gasteiger partial charge in [-0.05, 0) is 40.7 Å². The van der Waals surface area contributed by atoms with Gasteiger partial charge >= 0.3 is 0 Å². The molecule has 7 heteroatoms. The molecule has 1 aromatic carbocycles. The predicted molar refractivity (Wildman–Crippen MR) is 86.9 cm³/mol. The average Bonchev–Trinajstić information content (AvgIpc) is 2.46. The maximum atomic E-state index is 12.6. The molecule has 0 saturated heterocycles. The second-order valence-corrected chi connectivity index (χ2v) is 5.79. The van der Waals surface area contributed by atoms with Gasteiger partial charge in [0, 0.05) is 18.2 Å². The van der Waals surface area contributed by atoms with Gasteiger partial charge in [-0.2, -0.15) is 0 Å². The van der Waals surface area contributed by atoms with Crippen molar-refractivity contribution in [1.29, 1.82) is 0 Å². The fourth-order valence-corrected chi connectivity index (χ4v) is 2.43. The Morgan fingerprint density at radius 3 is 2.13 bits per heavy atom. The number of benzene rings is 1. The number of hydrogen-bond acceptors (Lipinski definition) is 5. The molecule has 0 fully saturated rings. The third kappa shape index (κ3) is 4.58. The van der Waals surface area contributed by atoms with Crippen molar-refractivity contribution >= 4 is 11.6 Å². The highest BCUT2D eigenvalue weighted by molar-refractivity contribution is 5.81. The monoisotopic (exact) mass is 324 g/mol. The van der Waals surface area contributed by atoms with Crippen molar-refractivity contribution in [1.82, 2.24) is 4.90 Å². The first-order chi connectivity index (χ1) is 10.7. The van der Waals surface area contributed by atoms with Crippen molar-refractivity contribution in [3.05, 3.63) is 28.3 Å². The summed E-state index contributed by atoms with van der Waals surface area (Å²) in [6.45, 7) is 9.34. The molecule has 1 aromatic rings. The van der Waals surface area contributed by atoms with Crippen LogP contribution in [0.25, 0.3) is 0 Å². The van der Waals surface area contributed by atoms with Crippen molar-refractivity contribution in [2.75, 3.05) is 7.11 Å². The average molecular weight is 324 g/mol. The van der Waals surface area contributed by atoms with Gasteiger partial charge in [0.1, 0.15) is 0 Å². The summed E-state index contributed by atoms with van der Waals surface area (Å²) in [5.41, 5.74) is -0.120. The van der Waals surface area contributed by atoms with Gasteiger partial charge < -0.3 is 14.4 Å². The number of carbonyl (C=O) groups excluding carboxylic acids is 1. The van der Waals surface area contributed by atoms with E-state index in [2.05, 4.69) is 0 Å². The van der Waals surface area contributed by atoms with Gasteiger partial charge in [-0.25, -0.2) is 0 Å². The number of amides is 1. The van der Waals surface area contributed by atoms with Crippen LogP contribution in [-0.4, -0.2) is 41.0 Å². The van der Waals surface area contributed by atoms with E-state index in [0.29, 0.717) is 5.75 Å². The lowest BCUT2D eigenvalue weighted by molar-refractivity contribution is -0.385. The molecule has 0 saturated carbocycles. The van der Waals surface area contributed by atoms with Crippen LogP contribution in [0.4, 0.5) is 5.69 Å². The maximum Gasteiger partial charge on any atom is 0.273 e. The molecule has 0 aliphatic rings. The third-order valence-electron chi connectivity index (χ3n) is 3.38. The molecule has 0 spiro atoms. The molecule has 0 aliphatic heterocycles. The van der Waals surface area contributed by atoms with Crippen LogP contribution >= 0.6 is 0 Å². The third-order valence-corrected chi connectivity index (χ3v) is 3.38. The first kappa shape index (κ1) is 18.7. The topological polar surface area (TPSA) is 81.9 Å². The Morgan fingerprint density at radius 1 is 1.13 bits per heavy atom. The van der Waals surface area contributed by atoms with Gasteiger partial charge in [0.15, 0.2) is 17.6 Å². The highest BCUT2D eigenvalue weighted by atomic mass is 16.6. The molecular formula is C16H24N2O5. The number of non-ortho nitro benzene ring substituents is 1. The second-order valence-electron chi connectivity index (χ2n) is 5.79. The summed E-state index contributed by atoms with van der Waals surface area (Å²) in [7, 11) is 1.44. The number of carbonyl (C=O) groups is 1. The Hall–Kier alpha value is -2.31. The highest BCUT2D eigenvalue weighted by Gasteiger charge is 2.27. The molecule has 128 valence electrons. The second kappa shape index (κ2) is 7.80. The van der Waals surface area contributed by atoms with Gasteiger partial charge in [0.05, 0.1) is 18.1 Å². The molecule has 1 rings (SSSR count). The normalized spacial score (nSPS) is 12.2. The van der Waals surface area contributed by atoms with Crippen molar-refractivity contribution in [2.45, 2.75) is 52.8 Å². The van der Waals surface area contributed by atoms with E-state index in [-0.39, 0.29) is 29.4 Å². The summed E-state index contributed by atoms with van der Waals surface area (Å²) in [6.07, 6.45) is -0.782. The number of methoxy groups -OCH3 is 1. The smallest absolute Gasteiger partial charge is 0.273 e. The van der Waals surface area contributed by atoms with E-state index in [1.54, 1.807) is 11.8 Å². The molecule has 0 aromatic heterocycles.